The molecule has 0 fully saturated rings. The number of nitrogens with zero attached hydrogens (tertiary/aromatic N) is 4. The lowest BCUT2D eigenvalue weighted by molar-refractivity contribution is 0.0294. The predicted octanol–water partition coefficient (Wildman–Crippen LogP) is 0.865. The number of Topliss-reactive ketones (excluding diaryl/α,β-unsaturated/α-hetero) is 1. The van der Waals surface area contributed by atoms with Crippen molar-refractivity contribution in [2.75, 3.05) is 13.6 Å². The van der Waals surface area contributed by atoms with Crippen LogP contribution < -0.4 is 0 Å². The summed E-state index contributed by atoms with van der Waals surface area (Å²) in [5, 5.41) is 7.35. The first kappa shape index (κ1) is 14.1. The van der Waals surface area contributed by atoms with Gasteiger partial charge in [0.05, 0.1) is 12.7 Å². The summed E-state index contributed by atoms with van der Waals surface area (Å²) in [6, 6.07) is 0. The number of ketones is 1. The van der Waals surface area contributed by atoms with E-state index >= 15 is 0 Å². The van der Waals surface area contributed by atoms with Gasteiger partial charge in [0.1, 0.15) is 5.60 Å². The Hall–Kier alpha value is -1.92. The smallest absolute Gasteiger partial charge is 0.410 e. The average molecular weight is 254 g/mol. The zero-order valence-corrected chi connectivity index (χ0v) is 11.3. The van der Waals surface area contributed by atoms with E-state index in [0.29, 0.717) is 0 Å². The first-order valence-corrected chi connectivity index (χ1v) is 5.52. The molecule has 0 aliphatic rings. The lowest BCUT2D eigenvalue weighted by Crippen LogP contribution is -2.37. The number of carbonyl (C=O) groups excluding carboxylic acids is 2. The Bertz CT molecular complexity index is 447. The van der Waals surface area contributed by atoms with E-state index in [4.69, 9.17) is 4.74 Å². The molecule has 0 aromatic carbocycles. The van der Waals surface area contributed by atoms with Crippen molar-refractivity contribution in [3.8, 4) is 0 Å². The number of likely N-dealkylation sites (N-methyl/N-ethyl adjacent to an activating group) is 1. The van der Waals surface area contributed by atoms with E-state index < -0.39 is 11.7 Å². The van der Waals surface area contributed by atoms with E-state index in [1.807, 2.05) is 0 Å². The van der Waals surface area contributed by atoms with Crippen molar-refractivity contribution in [1.82, 2.24) is 19.9 Å². The van der Waals surface area contributed by atoms with Gasteiger partial charge in [-0.25, -0.2) is 4.79 Å². The number of carbonyl (C=O) groups is 2. The first-order valence-electron chi connectivity index (χ1n) is 5.52. The molecule has 0 radical (unpaired) electrons. The highest BCUT2D eigenvalue weighted by atomic mass is 16.6. The molecular weight excluding hydrogens is 236 g/mol. The van der Waals surface area contributed by atoms with Crippen LogP contribution in [0, 0.1) is 0 Å². The van der Waals surface area contributed by atoms with Crippen molar-refractivity contribution in [2.24, 2.45) is 7.05 Å². The maximum absolute atomic E-state index is 11.8. The minimum atomic E-state index is -0.582. The van der Waals surface area contributed by atoms with Crippen molar-refractivity contribution in [2.45, 2.75) is 26.4 Å². The number of hydrogen-bond donors (Lipinski definition) is 0. The van der Waals surface area contributed by atoms with Gasteiger partial charge in [0.2, 0.25) is 5.78 Å². The van der Waals surface area contributed by atoms with Gasteiger partial charge in [-0.1, -0.05) is 5.21 Å². The Morgan fingerprint density at radius 3 is 2.50 bits per heavy atom. The Morgan fingerprint density at radius 1 is 1.44 bits per heavy atom. The largest absolute Gasteiger partial charge is 0.444 e. The molecule has 1 heterocycles. The lowest BCUT2D eigenvalue weighted by atomic mass is 10.2. The van der Waals surface area contributed by atoms with Crippen LogP contribution in [0.15, 0.2) is 6.20 Å². The van der Waals surface area contributed by atoms with Gasteiger partial charge in [-0.3, -0.25) is 9.48 Å². The molecular formula is C11H18N4O3. The summed E-state index contributed by atoms with van der Waals surface area (Å²) in [6.45, 7) is 5.21. The van der Waals surface area contributed by atoms with Crippen LogP contribution in [-0.2, 0) is 11.8 Å². The molecule has 0 aliphatic heterocycles. The van der Waals surface area contributed by atoms with Gasteiger partial charge in [0.25, 0.3) is 0 Å². The highest BCUT2D eigenvalue weighted by Crippen LogP contribution is 2.09. The third-order valence-electron chi connectivity index (χ3n) is 1.97. The van der Waals surface area contributed by atoms with E-state index in [1.165, 1.54) is 22.8 Å². The van der Waals surface area contributed by atoms with Crippen molar-refractivity contribution in [1.29, 1.82) is 0 Å². The van der Waals surface area contributed by atoms with Crippen molar-refractivity contribution in [3.63, 3.8) is 0 Å². The van der Waals surface area contributed by atoms with Gasteiger partial charge in [-0.2, -0.15) is 0 Å². The summed E-state index contributed by atoms with van der Waals surface area (Å²) in [4.78, 5) is 24.6. The molecule has 1 aromatic heterocycles. The monoisotopic (exact) mass is 254 g/mol. The molecule has 7 nitrogen and oxygen atoms in total. The fourth-order valence-corrected chi connectivity index (χ4v) is 1.18. The minimum Gasteiger partial charge on any atom is -0.444 e. The summed E-state index contributed by atoms with van der Waals surface area (Å²) >= 11 is 0. The normalized spacial score (nSPS) is 11.2. The van der Waals surface area contributed by atoms with E-state index in [9.17, 15) is 9.59 Å². The molecule has 1 aromatic rings. The van der Waals surface area contributed by atoms with Gasteiger partial charge in [0.15, 0.2) is 5.69 Å². The molecule has 0 bridgehead atoms. The molecule has 0 saturated carbocycles. The van der Waals surface area contributed by atoms with Crippen LogP contribution in [0.1, 0.15) is 31.3 Å². The van der Waals surface area contributed by atoms with Crippen molar-refractivity contribution >= 4 is 11.9 Å². The van der Waals surface area contributed by atoms with Crippen LogP contribution in [0.4, 0.5) is 4.79 Å². The van der Waals surface area contributed by atoms with Crippen LogP contribution in [0.2, 0.25) is 0 Å². The Balaban J connectivity index is 2.57. The molecule has 1 rings (SSSR count). The quantitative estimate of drug-likeness (QED) is 0.748. The average Bonchev–Trinajstić information content (AvgIpc) is 2.62. The molecule has 0 atom stereocenters. The van der Waals surface area contributed by atoms with Gasteiger partial charge < -0.3 is 9.64 Å². The molecule has 0 unspecified atom stereocenters. The first-order chi connectivity index (χ1) is 8.19. The van der Waals surface area contributed by atoms with Crippen LogP contribution >= 0.6 is 0 Å². The van der Waals surface area contributed by atoms with Crippen LogP contribution in [0.3, 0.4) is 0 Å². The Morgan fingerprint density at radius 2 is 2.06 bits per heavy atom. The van der Waals surface area contributed by atoms with Crippen LogP contribution in [-0.4, -0.2) is 51.0 Å². The molecule has 100 valence electrons. The predicted molar refractivity (Wildman–Crippen MR) is 64.2 cm³/mol. The maximum atomic E-state index is 11.8. The number of aryl methyl sites for hydroxylation is 1. The zero-order chi connectivity index (χ0) is 13.9. The molecule has 0 aliphatic carbocycles. The number of amides is 1. The molecule has 1 amide bonds. The standard InChI is InChI=1S/C11H18N4O3/c1-11(2,3)18-10(17)14(4)7-9(16)8-6-15(5)13-12-8/h6H,7H2,1-5H3. The summed E-state index contributed by atoms with van der Waals surface area (Å²) in [7, 11) is 3.17. The SMILES string of the molecule is CN(CC(=O)c1cn(C)nn1)C(=O)OC(C)(C)C. The summed E-state index contributed by atoms with van der Waals surface area (Å²) in [5.74, 6) is -0.281. The lowest BCUT2D eigenvalue weighted by Gasteiger charge is -2.23. The van der Waals surface area contributed by atoms with Gasteiger partial charge >= 0.3 is 6.09 Å². The summed E-state index contributed by atoms with van der Waals surface area (Å²) in [6.07, 6.45) is 0.963. The Kier molecular flexibility index (Phi) is 4.05. The Labute approximate surface area is 106 Å². The van der Waals surface area contributed by atoms with E-state index in [2.05, 4.69) is 10.3 Å². The molecule has 0 spiro atoms. The second-order valence-corrected chi connectivity index (χ2v) is 5.04. The summed E-state index contributed by atoms with van der Waals surface area (Å²) < 4.78 is 6.57. The fourth-order valence-electron chi connectivity index (χ4n) is 1.18. The highest BCUT2D eigenvalue weighted by molar-refractivity contribution is 5.96. The highest BCUT2D eigenvalue weighted by Gasteiger charge is 2.22. The molecule has 0 N–H and O–H groups in total. The topological polar surface area (TPSA) is 77.3 Å². The third-order valence-corrected chi connectivity index (χ3v) is 1.97. The summed E-state index contributed by atoms with van der Waals surface area (Å²) in [5.41, 5.74) is -0.353. The molecule has 7 heteroatoms. The van der Waals surface area contributed by atoms with Crippen molar-refractivity contribution < 1.29 is 14.3 Å². The van der Waals surface area contributed by atoms with Gasteiger partial charge in [-0.15, -0.1) is 5.10 Å². The number of rotatable bonds is 3. The number of aromatic nitrogens is 3. The number of hydrogen-bond acceptors (Lipinski definition) is 5. The van der Waals surface area contributed by atoms with E-state index in [0.717, 1.165) is 0 Å². The van der Waals surface area contributed by atoms with Crippen LogP contribution in [0.25, 0.3) is 0 Å². The fraction of sp³-hybridized carbons (Fsp3) is 0.636. The van der Waals surface area contributed by atoms with E-state index in [-0.39, 0.29) is 18.0 Å². The van der Waals surface area contributed by atoms with Crippen LogP contribution in [0.5, 0.6) is 0 Å². The molecule has 18 heavy (non-hydrogen) atoms. The number of ether oxygens (including phenoxy) is 1. The minimum absolute atomic E-state index is 0.0897. The third kappa shape index (κ3) is 4.15. The maximum Gasteiger partial charge on any atom is 0.410 e. The van der Waals surface area contributed by atoms with E-state index in [1.54, 1.807) is 27.8 Å². The van der Waals surface area contributed by atoms with Gasteiger partial charge in [-0.05, 0) is 20.8 Å². The van der Waals surface area contributed by atoms with Crippen molar-refractivity contribution in [3.05, 3.63) is 11.9 Å². The second kappa shape index (κ2) is 5.16. The molecule has 0 saturated heterocycles. The zero-order valence-electron chi connectivity index (χ0n) is 11.3. The second-order valence-electron chi connectivity index (χ2n) is 5.04. The van der Waals surface area contributed by atoms with Gasteiger partial charge in [0, 0.05) is 14.1 Å².